The lowest BCUT2D eigenvalue weighted by Gasteiger charge is -2.17. The van der Waals surface area contributed by atoms with Crippen LogP contribution in [0.2, 0.25) is 0 Å². The topological polar surface area (TPSA) is 58.9 Å². The molecule has 0 spiro atoms. The highest BCUT2D eigenvalue weighted by atomic mass is 19.4. The van der Waals surface area contributed by atoms with Crippen LogP contribution in [-0.2, 0) is 19.8 Å². The van der Waals surface area contributed by atoms with Crippen molar-refractivity contribution in [3.8, 4) is 0 Å². The zero-order valence-corrected chi connectivity index (χ0v) is 12.6. The van der Waals surface area contributed by atoms with Crippen LogP contribution in [-0.4, -0.2) is 43.8 Å². The van der Waals surface area contributed by atoms with E-state index in [-0.39, 0.29) is 12.0 Å². The summed E-state index contributed by atoms with van der Waals surface area (Å²) in [5.41, 5.74) is 0.167. The number of likely N-dealkylation sites (tertiary alicyclic amines) is 1. The van der Waals surface area contributed by atoms with Gasteiger partial charge in [-0.15, -0.1) is 0 Å². The SMILES string of the molecule is Cn1nccc1CN1CCC(Nc2nccc(C(F)(F)F)n2)C1. The first-order valence-corrected chi connectivity index (χ1v) is 7.28. The molecular formula is C14H17F3N6. The number of nitrogens with zero attached hydrogens (tertiary/aromatic N) is 5. The maximum atomic E-state index is 12.7. The zero-order valence-electron chi connectivity index (χ0n) is 12.6. The Hall–Kier alpha value is -2.16. The standard InChI is InChI=1S/C14H17F3N6/c1-22-11(2-6-19-22)9-23-7-4-10(8-23)20-13-18-5-3-12(21-13)14(15,16)17/h2-3,5-6,10H,4,7-9H2,1H3,(H,18,20,21). The van der Waals surface area contributed by atoms with E-state index in [4.69, 9.17) is 0 Å². The van der Waals surface area contributed by atoms with E-state index in [9.17, 15) is 13.2 Å². The Morgan fingerprint density at radius 1 is 1.30 bits per heavy atom. The van der Waals surface area contributed by atoms with E-state index in [1.807, 2.05) is 17.8 Å². The first-order valence-electron chi connectivity index (χ1n) is 7.28. The van der Waals surface area contributed by atoms with E-state index in [0.29, 0.717) is 0 Å². The molecule has 0 aliphatic carbocycles. The number of hydrogen-bond acceptors (Lipinski definition) is 5. The summed E-state index contributed by atoms with van der Waals surface area (Å²) in [4.78, 5) is 9.64. The van der Waals surface area contributed by atoms with Crippen molar-refractivity contribution < 1.29 is 13.2 Å². The van der Waals surface area contributed by atoms with E-state index >= 15 is 0 Å². The Labute approximate surface area is 131 Å². The Morgan fingerprint density at radius 3 is 2.83 bits per heavy atom. The Bertz CT molecular complexity index is 669. The van der Waals surface area contributed by atoms with Crippen molar-refractivity contribution in [1.82, 2.24) is 24.6 Å². The zero-order chi connectivity index (χ0) is 16.4. The van der Waals surface area contributed by atoms with Crippen LogP contribution in [0.15, 0.2) is 24.5 Å². The molecule has 3 heterocycles. The van der Waals surface area contributed by atoms with Gasteiger partial charge in [-0.3, -0.25) is 9.58 Å². The molecule has 3 rings (SSSR count). The third kappa shape index (κ3) is 3.79. The van der Waals surface area contributed by atoms with Gasteiger partial charge in [0.05, 0.1) is 5.69 Å². The van der Waals surface area contributed by atoms with E-state index < -0.39 is 11.9 Å². The molecule has 1 aliphatic rings. The van der Waals surface area contributed by atoms with Gasteiger partial charge in [0.15, 0.2) is 0 Å². The molecule has 1 fully saturated rings. The summed E-state index contributed by atoms with van der Waals surface area (Å²) in [7, 11) is 1.89. The highest BCUT2D eigenvalue weighted by molar-refractivity contribution is 5.28. The van der Waals surface area contributed by atoms with E-state index in [0.717, 1.165) is 44.0 Å². The first-order chi connectivity index (χ1) is 10.9. The lowest BCUT2D eigenvalue weighted by atomic mass is 10.3. The Kier molecular flexibility index (Phi) is 4.20. The number of anilines is 1. The van der Waals surface area contributed by atoms with Crippen LogP contribution in [0, 0.1) is 0 Å². The molecule has 1 unspecified atom stereocenters. The lowest BCUT2D eigenvalue weighted by Crippen LogP contribution is -2.27. The second-order valence-electron chi connectivity index (χ2n) is 5.57. The predicted molar refractivity (Wildman–Crippen MR) is 77.5 cm³/mol. The number of hydrogen-bond donors (Lipinski definition) is 1. The summed E-state index contributed by atoms with van der Waals surface area (Å²) >= 11 is 0. The molecule has 23 heavy (non-hydrogen) atoms. The number of aryl methyl sites for hydroxylation is 1. The molecule has 9 heteroatoms. The van der Waals surface area contributed by atoms with Gasteiger partial charge in [0.2, 0.25) is 5.95 Å². The van der Waals surface area contributed by atoms with Gasteiger partial charge in [0.1, 0.15) is 5.69 Å². The van der Waals surface area contributed by atoms with Gasteiger partial charge < -0.3 is 5.32 Å². The number of rotatable bonds is 4. The normalized spacial score (nSPS) is 19.2. The van der Waals surface area contributed by atoms with Gasteiger partial charge in [0.25, 0.3) is 0 Å². The highest BCUT2D eigenvalue weighted by Gasteiger charge is 2.33. The molecule has 6 nitrogen and oxygen atoms in total. The van der Waals surface area contributed by atoms with Crippen LogP contribution in [0.3, 0.4) is 0 Å². The van der Waals surface area contributed by atoms with Crippen molar-refractivity contribution in [3.63, 3.8) is 0 Å². The largest absolute Gasteiger partial charge is 0.433 e. The molecule has 0 aromatic carbocycles. The van der Waals surface area contributed by atoms with Crippen LogP contribution in [0.5, 0.6) is 0 Å². The van der Waals surface area contributed by atoms with Gasteiger partial charge >= 0.3 is 6.18 Å². The van der Waals surface area contributed by atoms with Gasteiger partial charge in [0, 0.05) is 45.1 Å². The van der Waals surface area contributed by atoms with Gasteiger partial charge in [-0.1, -0.05) is 0 Å². The van der Waals surface area contributed by atoms with Crippen LogP contribution < -0.4 is 5.32 Å². The van der Waals surface area contributed by atoms with Crippen molar-refractivity contribution in [1.29, 1.82) is 0 Å². The fraction of sp³-hybridized carbons (Fsp3) is 0.500. The minimum atomic E-state index is -4.46. The summed E-state index contributed by atoms with van der Waals surface area (Å²) in [5.74, 6) is 0.0206. The van der Waals surface area contributed by atoms with Crippen molar-refractivity contribution >= 4 is 5.95 Å². The van der Waals surface area contributed by atoms with Crippen molar-refractivity contribution in [2.75, 3.05) is 18.4 Å². The smallest absolute Gasteiger partial charge is 0.350 e. The quantitative estimate of drug-likeness (QED) is 0.930. The van der Waals surface area contributed by atoms with Gasteiger partial charge in [-0.25, -0.2) is 9.97 Å². The minimum Gasteiger partial charge on any atom is -0.350 e. The van der Waals surface area contributed by atoms with Crippen LogP contribution in [0.25, 0.3) is 0 Å². The summed E-state index contributed by atoms with van der Waals surface area (Å²) in [6.07, 6.45) is -0.754. The van der Waals surface area contributed by atoms with Crippen LogP contribution >= 0.6 is 0 Å². The van der Waals surface area contributed by atoms with Crippen LogP contribution in [0.4, 0.5) is 19.1 Å². The van der Waals surface area contributed by atoms with E-state index in [1.165, 1.54) is 0 Å². The number of aromatic nitrogens is 4. The third-order valence-electron chi connectivity index (χ3n) is 3.86. The Balaban J connectivity index is 1.59. The second kappa shape index (κ2) is 6.15. The summed E-state index contributed by atoms with van der Waals surface area (Å²) in [6.45, 7) is 2.35. The molecule has 0 radical (unpaired) electrons. The average molecular weight is 326 g/mol. The van der Waals surface area contributed by atoms with Crippen LogP contribution in [0.1, 0.15) is 17.8 Å². The van der Waals surface area contributed by atoms with Crippen molar-refractivity contribution in [2.24, 2.45) is 7.05 Å². The molecule has 1 N–H and O–H groups in total. The van der Waals surface area contributed by atoms with E-state index in [1.54, 1.807) is 6.20 Å². The number of nitrogens with one attached hydrogen (secondary N) is 1. The van der Waals surface area contributed by atoms with Gasteiger partial charge in [-0.2, -0.15) is 18.3 Å². The lowest BCUT2D eigenvalue weighted by molar-refractivity contribution is -0.141. The molecule has 2 aromatic heterocycles. The molecule has 0 saturated carbocycles. The molecular weight excluding hydrogens is 309 g/mol. The van der Waals surface area contributed by atoms with Gasteiger partial charge in [-0.05, 0) is 18.6 Å². The molecule has 1 atom stereocenters. The minimum absolute atomic E-state index is 0.0206. The fourth-order valence-corrected chi connectivity index (χ4v) is 2.65. The molecule has 124 valence electrons. The highest BCUT2D eigenvalue weighted by Crippen LogP contribution is 2.27. The molecule has 1 saturated heterocycles. The van der Waals surface area contributed by atoms with Crippen molar-refractivity contribution in [2.45, 2.75) is 25.2 Å². The van der Waals surface area contributed by atoms with Crippen molar-refractivity contribution in [3.05, 3.63) is 35.9 Å². The molecule has 2 aromatic rings. The predicted octanol–water partition coefficient (Wildman–Crippen LogP) is 1.92. The summed E-state index contributed by atoms with van der Waals surface area (Å²) < 4.78 is 39.8. The molecule has 0 amide bonds. The number of halogens is 3. The fourth-order valence-electron chi connectivity index (χ4n) is 2.65. The third-order valence-corrected chi connectivity index (χ3v) is 3.86. The average Bonchev–Trinajstić information content (AvgIpc) is 3.09. The van der Waals surface area contributed by atoms with E-state index in [2.05, 4.69) is 25.3 Å². The summed E-state index contributed by atoms with van der Waals surface area (Å²) in [6, 6.07) is 2.86. The Morgan fingerprint density at radius 2 is 2.13 bits per heavy atom. The number of alkyl halides is 3. The monoisotopic (exact) mass is 326 g/mol. The molecule has 1 aliphatic heterocycles. The maximum absolute atomic E-state index is 12.7. The summed E-state index contributed by atoms with van der Waals surface area (Å²) in [5, 5.41) is 7.12. The first kappa shape index (κ1) is 15.7. The maximum Gasteiger partial charge on any atom is 0.433 e. The molecule has 0 bridgehead atoms. The second-order valence-corrected chi connectivity index (χ2v) is 5.57.